The van der Waals surface area contributed by atoms with Crippen LogP contribution in [0.15, 0.2) is 173 Å². The lowest BCUT2D eigenvalue weighted by Gasteiger charge is -2.13. The van der Waals surface area contributed by atoms with Gasteiger partial charge in [-0.05, 0) is 64.7 Å². The average Bonchev–Trinajstić information content (AvgIpc) is 3.76. The van der Waals surface area contributed by atoms with Gasteiger partial charge < -0.3 is 8.83 Å². The third kappa shape index (κ3) is 4.67. The average molecular weight is 642 g/mol. The van der Waals surface area contributed by atoms with Gasteiger partial charge in [-0.15, -0.1) is 0 Å². The fourth-order valence-electron chi connectivity index (χ4n) is 7.00. The molecule has 5 nitrogen and oxygen atoms in total. The van der Waals surface area contributed by atoms with Crippen LogP contribution in [0.2, 0.25) is 0 Å². The van der Waals surface area contributed by atoms with Crippen LogP contribution in [0.1, 0.15) is 0 Å². The van der Waals surface area contributed by atoms with Gasteiger partial charge in [0.15, 0.2) is 17.5 Å². The lowest BCUT2D eigenvalue weighted by atomic mass is 9.95. The number of para-hydroxylation sites is 2. The van der Waals surface area contributed by atoms with Gasteiger partial charge in [0.2, 0.25) is 0 Å². The lowest BCUT2D eigenvalue weighted by Crippen LogP contribution is -2.01. The van der Waals surface area contributed by atoms with Crippen LogP contribution in [0, 0.1) is 0 Å². The van der Waals surface area contributed by atoms with Crippen molar-refractivity contribution in [2.24, 2.45) is 0 Å². The summed E-state index contributed by atoms with van der Waals surface area (Å²) >= 11 is 0. The molecule has 0 aliphatic rings. The van der Waals surface area contributed by atoms with E-state index in [1.165, 1.54) is 5.56 Å². The predicted molar refractivity (Wildman–Crippen MR) is 202 cm³/mol. The van der Waals surface area contributed by atoms with E-state index in [1.807, 2.05) is 72.8 Å². The van der Waals surface area contributed by atoms with Gasteiger partial charge in [-0.25, -0.2) is 15.0 Å². The third-order valence-corrected chi connectivity index (χ3v) is 9.36. The van der Waals surface area contributed by atoms with Gasteiger partial charge in [-0.2, -0.15) is 0 Å². The highest BCUT2D eigenvalue weighted by Gasteiger charge is 2.20. The van der Waals surface area contributed by atoms with Gasteiger partial charge in [0.25, 0.3) is 0 Å². The van der Waals surface area contributed by atoms with Crippen molar-refractivity contribution in [1.29, 1.82) is 0 Å². The Labute approximate surface area is 287 Å². The molecule has 0 aliphatic heterocycles. The van der Waals surface area contributed by atoms with Gasteiger partial charge in [-0.1, -0.05) is 121 Å². The van der Waals surface area contributed by atoms with E-state index in [0.29, 0.717) is 17.5 Å². The van der Waals surface area contributed by atoms with E-state index in [-0.39, 0.29) is 0 Å². The molecule has 0 bridgehead atoms. The second kappa shape index (κ2) is 11.4. The first-order valence-electron chi connectivity index (χ1n) is 16.6. The highest BCUT2D eigenvalue weighted by Crippen LogP contribution is 2.39. The van der Waals surface area contributed by atoms with Crippen LogP contribution in [0.5, 0.6) is 0 Å². The molecule has 0 saturated heterocycles. The summed E-state index contributed by atoms with van der Waals surface area (Å²) in [5.74, 6) is 1.75. The number of fused-ring (bicyclic) bond motifs is 6. The second-order valence-corrected chi connectivity index (χ2v) is 12.4. The molecule has 3 heterocycles. The topological polar surface area (TPSA) is 65.0 Å². The number of rotatable bonds is 5. The van der Waals surface area contributed by atoms with Crippen LogP contribution in [-0.2, 0) is 0 Å². The molecule has 0 unspecified atom stereocenters. The van der Waals surface area contributed by atoms with E-state index in [9.17, 15) is 0 Å². The molecule has 7 aromatic carbocycles. The largest absolute Gasteiger partial charge is 0.456 e. The van der Waals surface area contributed by atoms with Crippen molar-refractivity contribution in [3.63, 3.8) is 0 Å². The van der Waals surface area contributed by atoms with Crippen molar-refractivity contribution < 1.29 is 8.83 Å². The standard InChI is InChI=1S/C45H27N3O2/c1-2-12-28(13-3-1)29-14-10-15-30(26-29)32-16-4-5-18-34(32)44-46-43(31-24-25-40-37(27-31)33-17-6-8-21-38(33)49-40)47-45(48-44)36-20-11-23-41-42(36)35-19-7-9-22-39(35)50-41/h1-27H. The molecule has 5 heteroatoms. The Hall–Kier alpha value is -6.85. The Morgan fingerprint density at radius 1 is 0.300 bits per heavy atom. The SMILES string of the molecule is c1ccc(-c2cccc(-c3ccccc3-c3nc(-c4ccc5oc6ccccc6c5c4)nc(-c4cccc5oc6ccccc6c45)n3)c2)cc1. The summed E-state index contributed by atoms with van der Waals surface area (Å²) < 4.78 is 12.4. The molecule has 0 amide bonds. The molecule has 10 rings (SSSR count). The fraction of sp³-hybridized carbons (Fsp3) is 0. The Morgan fingerprint density at radius 3 is 1.72 bits per heavy atom. The summed E-state index contributed by atoms with van der Waals surface area (Å²) in [4.78, 5) is 15.6. The van der Waals surface area contributed by atoms with Crippen molar-refractivity contribution >= 4 is 43.9 Å². The zero-order valence-electron chi connectivity index (χ0n) is 26.7. The van der Waals surface area contributed by atoms with E-state index < -0.39 is 0 Å². The normalized spacial score (nSPS) is 11.6. The molecule has 0 aliphatic carbocycles. The highest BCUT2D eigenvalue weighted by atomic mass is 16.3. The van der Waals surface area contributed by atoms with E-state index in [2.05, 4.69) is 91.0 Å². The Bertz CT molecular complexity index is 2890. The molecule has 50 heavy (non-hydrogen) atoms. The molecule has 0 atom stereocenters. The highest BCUT2D eigenvalue weighted by molar-refractivity contribution is 6.12. The number of aromatic nitrogens is 3. The zero-order chi connectivity index (χ0) is 33.0. The maximum absolute atomic E-state index is 6.27. The first-order chi connectivity index (χ1) is 24.8. The quantitative estimate of drug-likeness (QED) is 0.187. The third-order valence-electron chi connectivity index (χ3n) is 9.36. The van der Waals surface area contributed by atoms with E-state index in [1.54, 1.807) is 0 Å². The van der Waals surface area contributed by atoms with Crippen LogP contribution in [0.3, 0.4) is 0 Å². The maximum atomic E-state index is 6.27. The van der Waals surface area contributed by atoms with Gasteiger partial charge in [0.1, 0.15) is 22.3 Å². The number of hydrogen-bond donors (Lipinski definition) is 0. The lowest BCUT2D eigenvalue weighted by molar-refractivity contribution is 0.668. The van der Waals surface area contributed by atoms with Gasteiger partial charge >= 0.3 is 0 Å². The molecule has 0 saturated carbocycles. The van der Waals surface area contributed by atoms with E-state index in [4.69, 9.17) is 23.8 Å². The van der Waals surface area contributed by atoms with Crippen LogP contribution >= 0.6 is 0 Å². The summed E-state index contributed by atoms with van der Waals surface area (Å²) in [5, 5.41) is 4.07. The van der Waals surface area contributed by atoms with Gasteiger partial charge in [0, 0.05) is 38.2 Å². The van der Waals surface area contributed by atoms with Crippen molar-refractivity contribution in [2.75, 3.05) is 0 Å². The Balaban J connectivity index is 1.21. The first kappa shape index (κ1) is 28.2. The molecule has 3 aromatic heterocycles. The van der Waals surface area contributed by atoms with Crippen LogP contribution in [0.4, 0.5) is 0 Å². The zero-order valence-corrected chi connectivity index (χ0v) is 26.7. The summed E-state index contributed by atoms with van der Waals surface area (Å²) in [6.07, 6.45) is 0. The fourth-order valence-corrected chi connectivity index (χ4v) is 7.00. The van der Waals surface area contributed by atoms with Crippen LogP contribution in [0.25, 0.3) is 100 Å². The molecule has 0 N–H and O–H groups in total. The molecule has 0 spiro atoms. The first-order valence-corrected chi connectivity index (χ1v) is 16.6. The van der Waals surface area contributed by atoms with Crippen molar-refractivity contribution in [3.05, 3.63) is 164 Å². The van der Waals surface area contributed by atoms with Gasteiger partial charge in [-0.3, -0.25) is 0 Å². The second-order valence-electron chi connectivity index (χ2n) is 12.4. The summed E-state index contributed by atoms with van der Waals surface area (Å²) in [6, 6.07) is 55.8. The van der Waals surface area contributed by atoms with Crippen LogP contribution < -0.4 is 0 Å². The molecular weight excluding hydrogens is 615 g/mol. The Morgan fingerprint density at radius 2 is 0.860 bits per heavy atom. The summed E-state index contributed by atoms with van der Waals surface area (Å²) in [6.45, 7) is 0. The number of furan rings is 2. The van der Waals surface area contributed by atoms with Gasteiger partial charge in [0.05, 0.1) is 0 Å². The number of benzene rings is 7. The molecule has 0 radical (unpaired) electrons. The monoisotopic (exact) mass is 641 g/mol. The minimum atomic E-state index is 0.576. The Kier molecular flexibility index (Phi) is 6.42. The molecule has 234 valence electrons. The van der Waals surface area contributed by atoms with Crippen molar-refractivity contribution in [2.45, 2.75) is 0 Å². The minimum Gasteiger partial charge on any atom is -0.456 e. The number of nitrogens with zero attached hydrogens (tertiary/aromatic N) is 3. The smallest absolute Gasteiger partial charge is 0.164 e. The summed E-state index contributed by atoms with van der Waals surface area (Å²) in [7, 11) is 0. The van der Waals surface area contributed by atoms with Crippen molar-refractivity contribution in [1.82, 2.24) is 15.0 Å². The molecule has 10 aromatic rings. The minimum absolute atomic E-state index is 0.576. The van der Waals surface area contributed by atoms with Crippen LogP contribution in [-0.4, -0.2) is 15.0 Å². The number of hydrogen-bond acceptors (Lipinski definition) is 5. The van der Waals surface area contributed by atoms with Crippen molar-refractivity contribution in [3.8, 4) is 56.4 Å². The van der Waals surface area contributed by atoms with E-state index >= 15 is 0 Å². The summed E-state index contributed by atoms with van der Waals surface area (Å²) in [5.41, 5.74) is 10.4. The molecular formula is C45H27N3O2. The molecule has 0 fully saturated rings. The maximum Gasteiger partial charge on any atom is 0.164 e. The predicted octanol–water partition coefficient (Wildman–Crippen LogP) is 12.0. The van der Waals surface area contributed by atoms with E-state index in [0.717, 1.165) is 77.3 Å².